The van der Waals surface area contributed by atoms with Crippen LogP contribution in [-0.2, 0) is 10.0 Å². The van der Waals surface area contributed by atoms with Crippen molar-refractivity contribution in [1.82, 2.24) is 19.4 Å². The summed E-state index contributed by atoms with van der Waals surface area (Å²) in [7, 11) is 0.732. The predicted molar refractivity (Wildman–Crippen MR) is 73.4 cm³/mol. The number of nitrogens with zero attached hydrogens (tertiary/aromatic N) is 3. The lowest BCUT2D eigenvalue weighted by atomic mass is 9.98. The molecular weight excluding hydrogens is 264 g/mol. The second kappa shape index (κ2) is 5.60. The first-order chi connectivity index (χ1) is 8.91. The van der Waals surface area contributed by atoms with E-state index in [0.717, 1.165) is 19.4 Å². The van der Waals surface area contributed by atoms with Crippen LogP contribution < -0.4 is 0 Å². The van der Waals surface area contributed by atoms with Gasteiger partial charge in [0.15, 0.2) is 0 Å². The van der Waals surface area contributed by atoms with Crippen molar-refractivity contribution in [2.45, 2.75) is 24.7 Å². The fraction of sp³-hybridized carbons (Fsp3) is 0.750. The third kappa shape index (κ3) is 3.16. The fourth-order valence-corrected chi connectivity index (χ4v) is 4.18. The smallest absolute Gasteiger partial charge is 0.246 e. The standard InChI is InChI=1S/C12H22N4O2S/c1-10-12(8-13-14-10)19(17,18)16-6-4-11(5-7-16)9-15(2)3/h8,11H,4-7,9H2,1-3H3,(H,13,14). The van der Waals surface area contributed by atoms with Crippen LogP contribution in [0.1, 0.15) is 18.5 Å². The third-order valence-corrected chi connectivity index (χ3v) is 5.61. The number of nitrogens with one attached hydrogen (secondary N) is 1. The van der Waals surface area contributed by atoms with Gasteiger partial charge in [0.2, 0.25) is 10.0 Å². The highest BCUT2D eigenvalue weighted by molar-refractivity contribution is 7.89. The normalized spacial score (nSPS) is 19.2. The molecule has 19 heavy (non-hydrogen) atoms. The summed E-state index contributed by atoms with van der Waals surface area (Å²) in [6.07, 6.45) is 3.25. The van der Waals surface area contributed by atoms with Crippen molar-refractivity contribution in [2.75, 3.05) is 33.7 Å². The summed E-state index contributed by atoms with van der Waals surface area (Å²) >= 11 is 0. The van der Waals surface area contributed by atoms with Gasteiger partial charge in [0.25, 0.3) is 0 Å². The van der Waals surface area contributed by atoms with Crippen LogP contribution in [0.5, 0.6) is 0 Å². The molecule has 1 saturated heterocycles. The Morgan fingerprint density at radius 2 is 2.05 bits per heavy atom. The third-order valence-electron chi connectivity index (χ3n) is 3.60. The van der Waals surface area contributed by atoms with Crippen molar-refractivity contribution < 1.29 is 8.42 Å². The van der Waals surface area contributed by atoms with Gasteiger partial charge in [0.1, 0.15) is 4.90 Å². The van der Waals surface area contributed by atoms with Crippen molar-refractivity contribution in [3.05, 3.63) is 11.9 Å². The first kappa shape index (κ1) is 14.5. The number of aryl methyl sites for hydroxylation is 1. The lowest BCUT2D eigenvalue weighted by Gasteiger charge is -2.32. The minimum Gasteiger partial charge on any atom is -0.309 e. The van der Waals surface area contributed by atoms with Gasteiger partial charge in [-0.05, 0) is 39.8 Å². The molecule has 2 rings (SSSR count). The van der Waals surface area contributed by atoms with E-state index in [1.807, 2.05) is 0 Å². The summed E-state index contributed by atoms with van der Waals surface area (Å²) in [5, 5.41) is 6.49. The zero-order valence-corrected chi connectivity index (χ0v) is 12.6. The Hall–Kier alpha value is -0.920. The van der Waals surface area contributed by atoms with Gasteiger partial charge in [-0.3, -0.25) is 5.10 Å². The quantitative estimate of drug-likeness (QED) is 0.884. The number of sulfonamides is 1. The van der Waals surface area contributed by atoms with Gasteiger partial charge in [-0.15, -0.1) is 0 Å². The number of H-pyrrole nitrogens is 1. The van der Waals surface area contributed by atoms with Gasteiger partial charge in [-0.1, -0.05) is 0 Å². The molecule has 0 bridgehead atoms. The van der Waals surface area contributed by atoms with Crippen LogP contribution in [0.25, 0.3) is 0 Å². The number of aromatic nitrogens is 2. The van der Waals surface area contributed by atoms with E-state index in [0.29, 0.717) is 29.6 Å². The molecule has 0 spiro atoms. The van der Waals surface area contributed by atoms with E-state index in [1.165, 1.54) is 6.20 Å². The topological polar surface area (TPSA) is 69.3 Å². The fourth-order valence-electron chi connectivity index (χ4n) is 2.59. The van der Waals surface area contributed by atoms with Gasteiger partial charge in [-0.2, -0.15) is 9.40 Å². The Balaban J connectivity index is 2.04. The van der Waals surface area contributed by atoms with Gasteiger partial charge in [0.05, 0.1) is 11.9 Å². The average molecular weight is 286 g/mol. The first-order valence-corrected chi connectivity index (χ1v) is 8.00. The Morgan fingerprint density at radius 1 is 1.42 bits per heavy atom. The summed E-state index contributed by atoms with van der Waals surface area (Å²) in [5.41, 5.74) is 0.607. The Morgan fingerprint density at radius 3 is 2.53 bits per heavy atom. The van der Waals surface area contributed by atoms with Gasteiger partial charge in [0, 0.05) is 19.6 Å². The summed E-state index contributed by atoms with van der Waals surface area (Å²) in [6.45, 7) is 3.97. The highest BCUT2D eigenvalue weighted by atomic mass is 32.2. The number of piperidine rings is 1. The maximum atomic E-state index is 12.5. The van der Waals surface area contributed by atoms with E-state index >= 15 is 0 Å². The van der Waals surface area contributed by atoms with E-state index in [9.17, 15) is 8.42 Å². The minimum absolute atomic E-state index is 0.304. The van der Waals surface area contributed by atoms with E-state index < -0.39 is 10.0 Å². The lowest BCUT2D eigenvalue weighted by Crippen LogP contribution is -2.40. The maximum Gasteiger partial charge on any atom is 0.246 e. The van der Waals surface area contributed by atoms with Crippen LogP contribution >= 0.6 is 0 Å². The van der Waals surface area contributed by atoms with Crippen LogP contribution in [0.2, 0.25) is 0 Å². The van der Waals surface area contributed by atoms with E-state index in [4.69, 9.17) is 0 Å². The molecule has 1 fully saturated rings. The Labute approximate surface area is 114 Å². The summed E-state index contributed by atoms with van der Waals surface area (Å²) in [6, 6.07) is 0. The highest BCUT2D eigenvalue weighted by Gasteiger charge is 2.31. The molecule has 108 valence electrons. The number of aromatic amines is 1. The van der Waals surface area contributed by atoms with Crippen LogP contribution in [0.15, 0.2) is 11.1 Å². The van der Waals surface area contributed by atoms with Gasteiger partial charge < -0.3 is 4.90 Å². The monoisotopic (exact) mass is 286 g/mol. The van der Waals surface area contributed by atoms with Gasteiger partial charge in [-0.25, -0.2) is 8.42 Å². The Kier molecular flexibility index (Phi) is 4.27. The number of rotatable bonds is 4. The molecule has 0 atom stereocenters. The zero-order valence-electron chi connectivity index (χ0n) is 11.8. The zero-order chi connectivity index (χ0) is 14.0. The lowest BCUT2D eigenvalue weighted by molar-refractivity contribution is 0.225. The second-order valence-corrected chi connectivity index (χ2v) is 7.38. The van der Waals surface area contributed by atoms with Crippen LogP contribution in [0.4, 0.5) is 0 Å². The molecule has 1 aromatic rings. The van der Waals surface area contributed by atoms with Crippen LogP contribution in [-0.4, -0.2) is 61.5 Å². The van der Waals surface area contributed by atoms with Crippen molar-refractivity contribution >= 4 is 10.0 Å². The molecule has 0 amide bonds. The van der Waals surface area contributed by atoms with Crippen molar-refractivity contribution in [3.8, 4) is 0 Å². The molecule has 0 unspecified atom stereocenters. The van der Waals surface area contributed by atoms with E-state index in [2.05, 4.69) is 29.2 Å². The van der Waals surface area contributed by atoms with Crippen LogP contribution in [0, 0.1) is 12.8 Å². The Bertz CT molecular complexity index is 516. The number of hydrogen-bond acceptors (Lipinski definition) is 4. The minimum atomic E-state index is -3.38. The second-order valence-electron chi connectivity index (χ2n) is 5.47. The molecule has 0 aromatic carbocycles. The molecule has 0 saturated carbocycles. The van der Waals surface area contributed by atoms with E-state index in [1.54, 1.807) is 11.2 Å². The highest BCUT2D eigenvalue weighted by Crippen LogP contribution is 2.24. The predicted octanol–water partition coefficient (Wildman–Crippen LogP) is 0.680. The molecule has 0 radical (unpaired) electrons. The molecule has 1 aliphatic heterocycles. The van der Waals surface area contributed by atoms with E-state index in [-0.39, 0.29) is 0 Å². The van der Waals surface area contributed by atoms with Crippen molar-refractivity contribution in [3.63, 3.8) is 0 Å². The summed E-state index contributed by atoms with van der Waals surface area (Å²) < 4.78 is 26.5. The molecule has 6 nitrogen and oxygen atoms in total. The molecule has 1 aliphatic rings. The van der Waals surface area contributed by atoms with Gasteiger partial charge >= 0.3 is 0 Å². The maximum absolute atomic E-state index is 12.5. The molecular formula is C12H22N4O2S. The molecule has 7 heteroatoms. The van der Waals surface area contributed by atoms with Crippen molar-refractivity contribution in [1.29, 1.82) is 0 Å². The average Bonchev–Trinajstić information content (AvgIpc) is 2.76. The molecule has 0 aliphatic carbocycles. The largest absolute Gasteiger partial charge is 0.309 e. The molecule has 1 aromatic heterocycles. The van der Waals surface area contributed by atoms with Crippen molar-refractivity contribution in [2.24, 2.45) is 5.92 Å². The summed E-state index contributed by atoms with van der Waals surface area (Å²) in [5.74, 6) is 0.590. The SMILES string of the molecule is Cc1[nH]ncc1S(=O)(=O)N1CCC(CN(C)C)CC1. The first-order valence-electron chi connectivity index (χ1n) is 6.56. The van der Waals surface area contributed by atoms with Crippen LogP contribution in [0.3, 0.4) is 0 Å². The summed E-state index contributed by atoms with van der Waals surface area (Å²) in [4.78, 5) is 2.47. The molecule has 1 N–H and O–H groups in total. The molecule has 2 heterocycles. The number of hydrogen-bond donors (Lipinski definition) is 1.